The molecule has 2 heterocycles. The van der Waals surface area contributed by atoms with Crippen molar-refractivity contribution >= 4 is 17.1 Å². The Morgan fingerprint density at radius 3 is 2.11 bits per heavy atom. The topological polar surface area (TPSA) is 84.7 Å². The van der Waals surface area contributed by atoms with Gasteiger partial charge in [0, 0.05) is 20.1 Å². The molecule has 27 heavy (non-hydrogen) atoms. The number of aryl methyl sites for hydroxylation is 2. The van der Waals surface area contributed by atoms with Crippen molar-refractivity contribution in [1.82, 2.24) is 19.1 Å². The largest absolute Gasteiger partial charge is 0.356 e. The van der Waals surface area contributed by atoms with Crippen LogP contribution in [0.2, 0.25) is 0 Å². The zero-order valence-electron chi connectivity index (χ0n) is 17.1. The van der Waals surface area contributed by atoms with E-state index in [1.165, 1.54) is 55.9 Å². The molecule has 0 unspecified atom stereocenters. The molecule has 2 N–H and O–H groups in total. The molecule has 0 aliphatic heterocycles. The number of nitrogens with one attached hydrogen (secondary N) is 2. The second-order valence-electron chi connectivity index (χ2n) is 7.29. The number of H-pyrrole nitrogens is 1. The lowest BCUT2D eigenvalue weighted by Crippen LogP contribution is -2.29. The third kappa shape index (κ3) is 5.71. The minimum absolute atomic E-state index is 0.364. The normalized spacial score (nSPS) is 11.4. The Morgan fingerprint density at radius 1 is 0.926 bits per heavy atom. The molecule has 152 valence electrons. The minimum atomic E-state index is -0.431. The Bertz CT molecular complexity index is 818. The van der Waals surface area contributed by atoms with Crippen molar-refractivity contribution in [3.8, 4) is 0 Å². The maximum Gasteiger partial charge on any atom is 0.329 e. The SMILES string of the molecule is CCCCCCCCCCCCn1c(NCC)nc2c1c(=O)[nH]c(=O)n2C. The number of hydrogen-bond acceptors (Lipinski definition) is 4. The second kappa shape index (κ2) is 10.9. The lowest BCUT2D eigenvalue weighted by atomic mass is 10.1. The van der Waals surface area contributed by atoms with E-state index in [9.17, 15) is 9.59 Å². The predicted molar refractivity (Wildman–Crippen MR) is 112 cm³/mol. The lowest BCUT2D eigenvalue weighted by molar-refractivity contribution is 0.538. The van der Waals surface area contributed by atoms with Gasteiger partial charge < -0.3 is 9.88 Å². The van der Waals surface area contributed by atoms with Crippen LogP contribution >= 0.6 is 0 Å². The van der Waals surface area contributed by atoms with E-state index in [0.717, 1.165) is 19.4 Å². The van der Waals surface area contributed by atoms with Crippen molar-refractivity contribution in [3.05, 3.63) is 20.8 Å². The summed E-state index contributed by atoms with van der Waals surface area (Å²) in [7, 11) is 1.63. The Kier molecular flexibility index (Phi) is 8.61. The summed E-state index contributed by atoms with van der Waals surface area (Å²) in [6.07, 6.45) is 12.7. The summed E-state index contributed by atoms with van der Waals surface area (Å²) in [5.74, 6) is 0.662. The maximum atomic E-state index is 12.3. The Labute approximate surface area is 161 Å². The van der Waals surface area contributed by atoms with Gasteiger partial charge in [0.1, 0.15) is 0 Å². The van der Waals surface area contributed by atoms with E-state index in [4.69, 9.17) is 0 Å². The van der Waals surface area contributed by atoms with Gasteiger partial charge in [0.2, 0.25) is 5.95 Å². The van der Waals surface area contributed by atoms with E-state index < -0.39 is 5.69 Å². The van der Waals surface area contributed by atoms with Gasteiger partial charge in [0.25, 0.3) is 5.56 Å². The van der Waals surface area contributed by atoms with Gasteiger partial charge in [-0.2, -0.15) is 4.98 Å². The quantitative estimate of drug-likeness (QED) is 0.520. The highest BCUT2D eigenvalue weighted by Gasteiger charge is 2.16. The van der Waals surface area contributed by atoms with Gasteiger partial charge in [-0.25, -0.2) is 4.79 Å². The van der Waals surface area contributed by atoms with Gasteiger partial charge >= 0.3 is 5.69 Å². The van der Waals surface area contributed by atoms with Crippen molar-refractivity contribution in [3.63, 3.8) is 0 Å². The molecule has 7 nitrogen and oxygen atoms in total. The van der Waals surface area contributed by atoms with Crippen LogP contribution < -0.4 is 16.6 Å². The fourth-order valence-corrected chi connectivity index (χ4v) is 3.50. The number of hydrogen-bond donors (Lipinski definition) is 2. The first-order valence-electron chi connectivity index (χ1n) is 10.5. The van der Waals surface area contributed by atoms with Crippen LogP contribution in [0.15, 0.2) is 9.59 Å². The van der Waals surface area contributed by atoms with Gasteiger partial charge in [0.05, 0.1) is 0 Å². The maximum absolute atomic E-state index is 12.3. The number of rotatable bonds is 13. The van der Waals surface area contributed by atoms with E-state index in [1.54, 1.807) is 7.05 Å². The first kappa shape index (κ1) is 21.3. The molecule has 0 atom stereocenters. The summed E-state index contributed by atoms with van der Waals surface area (Å²) in [5, 5.41) is 3.21. The van der Waals surface area contributed by atoms with Gasteiger partial charge in [-0.3, -0.25) is 14.3 Å². The summed E-state index contributed by atoms with van der Waals surface area (Å²) in [4.78, 5) is 31.0. The average Bonchev–Trinajstić information content (AvgIpc) is 3.01. The number of fused-ring (bicyclic) bond motifs is 1. The molecule has 2 aromatic heterocycles. The predicted octanol–water partition coefficient (Wildman–Crippen LogP) is 3.78. The molecule has 0 bridgehead atoms. The summed E-state index contributed by atoms with van der Waals surface area (Å²) in [6.45, 7) is 5.69. The highest BCUT2D eigenvalue weighted by molar-refractivity contribution is 5.74. The first-order chi connectivity index (χ1) is 13.1. The van der Waals surface area contributed by atoms with Crippen molar-refractivity contribution in [1.29, 1.82) is 0 Å². The molecule has 0 amide bonds. The summed E-state index contributed by atoms with van der Waals surface area (Å²) in [5.41, 5.74) is 0.117. The van der Waals surface area contributed by atoms with E-state index in [-0.39, 0.29) is 5.56 Å². The van der Waals surface area contributed by atoms with Crippen LogP contribution in [-0.2, 0) is 13.6 Å². The summed E-state index contributed by atoms with van der Waals surface area (Å²) >= 11 is 0. The monoisotopic (exact) mass is 377 g/mol. The molecule has 0 aliphatic carbocycles. The molecular weight excluding hydrogens is 342 g/mol. The van der Waals surface area contributed by atoms with Crippen LogP contribution in [0, 0.1) is 0 Å². The highest BCUT2D eigenvalue weighted by atomic mass is 16.2. The second-order valence-corrected chi connectivity index (χ2v) is 7.29. The number of anilines is 1. The molecule has 0 fully saturated rings. The number of nitrogens with zero attached hydrogens (tertiary/aromatic N) is 3. The number of aromatic amines is 1. The first-order valence-corrected chi connectivity index (χ1v) is 10.5. The molecule has 0 saturated heterocycles. The van der Waals surface area contributed by atoms with Gasteiger partial charge in [0.15, 0.2) is 11.2 Å². The minimum Gasteiger partial charge on any atom is -0.356 e. The third-order valence-corrected chi connectivity index (χ3v) is 5.08. The molecule has 0 aliphatic rings. The van der Waals surface area contributed by atoms with Gasteiger partial charge in [-0.05, 0) is 13.3 Å². The van der Waals surface area contributed by atoms with Gasteiger partial charge in [-0.1, -0.05) is 64.7 Å². The molecule has 7 heteroatoms. The molecule has 2 rings (SSSR count). The zero-order chi connectivity index (χ0) is 19.6. The van der Waals surface area contributed by atoms with E-state index >= 15 is 0 Å². The van der Waals surface area contributed by atoms with Crippen LogP contribution in [0.3, 0.4) is 0 Å². The Morgan fingerprint density at radius 2 is 1.52 bits per heavy atom. The molecule has 0 radical (unpaired) electrons. The van der Waals surface area contributed by atoms with Crippen LogP contribution in [0.1, 0.15) is 78.1 Å². The smallest absolute Gasteiger partial charge is 0.329 e. The van der Waals surface area contributed by atoms with Crippen molar-refractivity contribution in [2.75, 3.05) is 11.9 Å². The standard InChI is InChI=1S/C20H35N5O2/c1-4-6-7-8-9-10-11-12-13-14-15-25-16-17(22-19(25)21-5-2)24(3)20(27)23-18(16)26/h4-15H2,1-3H3,(H,21,22)(H,23,26,27). The lowest BCUT2D eigenvalue weighted by Gasteiger charge is -2.09. The van der Waals surface area contributed by atoms with Crippen LogP contribution in [0.5, 0.6) is 0 Å². The Balaban J connectivity index is 1.90. The summed E-state index contributed by atoms with van der Waals surface area (Å²) in [6, 6.07) is 0. The fourth-order valence-electron chi connectivity index (χ4n) is 3.50. The Hall–Kier alpha value is -2.05. The highest BCUT2D eigenvalue weighted by Crippen LogP contribution is 2.17. The fraction of sp³-hybridized carbons (Fsp3) is 0.750. The molecular formula is C20H35N5O2. The number of aromatic nitrogens is 4. The summed E-state index contributed by atoms with van der Waals surface area (Å²) < 4.78 is 3.31. The third-order valence-electron chi connectivity index (χ3n) is 5.08. The molecule has 0 saturated carbocycles. The number of unbranched alkanes of at least 4 members (excludes halogenated alkanes) is 9. The molecule has 0 aromatic carbocycles. The average molecular weight is 378 g/mol. The molecule has 0 spiro atoms. The van der Waals surface area contributed by atoms with Crippen molar-refractivity contribution in [2.24, 2.45) is 7.05 Å². The van der Waals surface area contributed by atoms with Crippen LogP contribution in [0.25, 0.3) is 11.2 Å². The molecule has 2 aromatic rings. The van der Waals surface area contributed by atoms with Gasteiger partial charge in [-0.15, -0.1) is 0 Å². The number of imidazole rings is 1. The van der Waals surface area contributed by atoms with Crippen LogP contribution in [-0.4, -0.2) is 25.6 Å². The van der Waals surface area contributed by atoms with Crippen molar-refractivity contribution in [2.45, 2.75) is 84.6 Å². The zero-order valence-corrected chi connectivity index (χ0v) is 17.1. The van der Waals surface area contributed by atoms with E-state index in [0.29, 0.717) is 23.7 Å². The van der Waals surface area contributed by atoms with Crippen LogP contribution in [0.4, 0.5) is 5.95 Å². The van der Waals surface area contributed by atoms with E-state index in [1.807, 2.05) is 11.5 Å². The van der Waals surface area contributed by atoms with E-state index in [2.05, 4.69) is 22.2 Å². The van der Waals surface area contributed by atoms with Crippen molar-refractivity contribution < 1.29 is 0 Å².